The Morgan fingerprint density at radius 2 is 1.81 bits per heavy atom. The molecule has 1 aliphatic carbocycles. The number of furan rings is 1. The predicted octanol–water partition coefficient (Wildman–Crippen LogP) is 2.90. The van der Waals surface area contributed by atoms with Crippen LogP contribution in [0.5, 0.6) is 0 Å². The van der Waals surface area contributed by atoms with Gasteiger partial charge in [-0.1, -0.05) is 12.8 Å². The van der Waals surface area contributed by atoms with E-state index < -0.39 is 0 Å². The molecule has 1 aliphatic rings. The summed E-state index contributed by atoms with van der Waals surface area (Å²) in [5, 5.41) is 0. The Bertz CT molecular complexity index is 364. The van der Waals surface area contributed by atoms with Crippen molar-refractivity contribution in [3.63, 3.8) is 0 Å². The summed E-state index contributed by atoms with van der Waals surface area (Å²) in [5.74, 6) is 8.44. The average Bonchev–Trinajstić information content (AvgIpc) is 2.84. The van der Waals surface area contributed by atoms with Crippen LogP contribution in [0.15, 0.2) is 4.42 Å². The minimum Gasteiger partial charge on any atom is -0.466 e. The molecule has 1 aromatic heterocycles. The van der Waals surface area contributed by atoms with Gasteiger partial charge >= 0.3 is 0 Å². The van der Waals surface area contributed by atoms with Gasteiger partial charge in [0.1, 0.15) is 11.5 Å². The molecule has 0 spiro atoms. The zero-order valence-electron chi connectivity index (χ0n) is 10.5. The van der Waals surface area contributed by atoms with E-state index in [4.69, 9.17) is 10.3 Å². The van der Waals surface area contributed by atoms with E-state index in [9.17, 15) is 0 Å². The van der Waals surface area contributed by atoms with Crippen LogP contribution in [0.4, 0.5) is 0 Å². The zero-order valence-corrected chi connectivity index (χ0v) is 10.5. The summed E-state index contributed by atoms with van der Waals surface area (Å²) >= 11 is 0. The normalized spacial score (nSPS) is 19.2. The molecule has 3 nitrogen and oxygen atoms in total. The number of hydrogen-bond donors (Lipinski definition) is 2. The Balaban J connectivity index is 2.32. The molecule has 1 unspecified atom stereocenters. The Kier molecular flexibility index (Phi) is 3.36. The second kappa shape index (κ2) is 4.60. The first-order valence-electron chi connectivity index (χ1n) is 6.17. The van der Waals surface area contributed by atoms with Crippen LogP contribution in [0.25, 0.3) is 0 Å². The monoisotopic (exact) mass is 222 g/mol. The van der Waals surface area contributed by atoms with Crippen LogP contribution in [0.3, 0.4) is 0 Å². The molecule has 3 N–H and O–H groups in total. The van der Waals surface area contributed by atoms with Crippen molar-refractivity contribution in [3.8, 4) is 0 Å². The molecule has 1 fully saturated rings. The standard InChI is InChI=1S/C13H22N2O/c1-8-9(2)16-10(3)12(8)13(15-14)11-6-4-5-7-11/h11,13,15H,4-7,14H2,1-3H3. The molecule has 0 aliphatic heterocycles. The van der Waals surface area contributed by atoms with Crippen LogP contribution in [0.2, 0.25) is 0 Å². The van der Waals surface area contributed by atoms with E-state index in [0.29, 0.717) is 5.92 Å². The third kappa shape index (κ3) is 1.89. The average molecular weight is 222 g/mol. The summed E-state index contributed by atoms with van der Waals surface area (Å²) in [6, 6.07) is 0.264. The van der Waals surface area contributed by atoms with Crippen LogP contribution >= 0.6 is 0 Å². The van der Waals surface area contributed by atoms with Crippen LogP contribution in [-0.2, 0) is 0 Å². The van der Waals surface area contributed by atoms with Crippen molar-refractivity contribution in [1.29, 1.82) is 0 Å². The summed E-state index contributed by atoms with van der Waals surface area (Å²) < 4.78 is 5.69. The van der Waals surface area contributed by atoms with Gasteiger partial charge in [0, 0.05) is 5.56 Å². The van der Waals surface area contributed by atoms with Gasteiger partial charge in [0.25, 0.3) is 0 Å². The second-order valence-electron chi connectivity index (χ2n) is 4.94. The largest absolute Gasteiger partial charge is 0.466 e. The highest BCUT2D eigenvalue weighted by Crippen LogP contribution is 2.38. The Hall–Kier alpha value is -0.800. The van der Waals surface area contributed by atoms with Gasteiger partial charge in [-0.05, 0) is 45.1 Å². The lowest BCUT2D eigenvalue weighted by molar-refractivity contribution is 0.366. The maximum atomic E-state index is 5.74. The van der Waals surface area contributed by atoms with Crippen molar-refractivity contribution in [2.75, 3.05) is 0 Å². The molecule has 0 radical (unpaired) electrons. The van der Waals surface area contributed by atoms with Crippen molar-refractivity contribution >= 4 is 0 Å². The van der Waals surface area contributed by atoms with Gasteiger partial charge in [-0.2, -0.15) is 0 Å². The number of nitrogens with two attached hydrogens (primary N) is 1. The maximum Gasteiger partial charge on any atom is 0.106 e. The fraction of sp³-hybridized carbons (Fsp3) is 0.692. The van der Waals surface area contributed by atoms with Gasteiger partial charge in [-0.3, -0.25) is 11.3 Å². The fourth-order valence-electron chi connectivity index (χ4n) is 3.01. The first kappa shape index (κ1) is 11.7. The summed E-state index contributed by atoms with van der Waals surface area (Å²) in [6.45, 7) is 6.18. The number of aryl methyl sites for hydroxylation is 2. The lowest BCUT2D eigenvalue weighted by Crippen LogP contribution is -2.33. The smallest absolute Gasteiger partial charge is 0.106 e. The molecule has 1 heterocycles. The molecule has 16 heavy (non-hydrogen) atoms. The zero-order chi connectivity index (χ0) is 11.7. The first-order chi connectivity index (χ1) is 7.65. The minimum atomic E-state index is 0.264. The molecule has 90 valence electrons. The first-order valence-corrected chi connectivity index (χ1v) is 6.17. The third-order valence-corrected chi connectivity index (χ3v) is 3.98. The molecular weight excluding hydrogens is 200 g/mol. The van der Waals surface area contributed by atoms with Crippen molar-refractivity contribution in [2.45, 2.75) is 52.5 Å². The van der Waals surface area contributed by atoms with Crippen LogP contribution in [0, 0.1) is 26.7 Å². The van der Waals surface area contributed by atoms with Crippen molar-refractivity contribution in [1.82, 2.24) is 5.43 Å². The molecule has 2 rings (SSSR count). The van der Waals surface area contributed by atoms with E-state index in [-0.39, 0.29) is 6.04 Å². The molecule has 0 bridgehead atoms. The molecule has 3 heteroatoms. The molecule has 0 amide bonds. The van der Waals surface area contributed by atoms with Gasteiger partial charge in [0.2, 0.25) is 0 Å². The van der Waals surface area contributed by atoms with Crippen molar-refractivity contribution < 1.29 is 4.42 Å². The Morgan fingerprint density at radius 1 is 1.19 bits per heavy atom. The van der Waals surface area contributed by atoms with Crippen molar-refractivity contribution in [3.05, 3.63) is 22.6 Å². The molecular formula is C13H22N2O. The second-order valence-corrected chi connectivity index (χ2v) is 4.94. The number of rotatable bonds is 3. The van der Waals surface area contributed by atoms with E-state index in [0.717, 1.165) is 11.5 Å². The molecule has 1 saturated carbocycles. The summed E-state index contributed by atoms with van der Waals surface area (Å²) in [6.07, 6.45) is 5.21. The third-order valence-electron chi connectivity index (χ3n) is 3.98. The van der Waals surface area contributed by atoms with Gasteiger partial charge in [0.15, 0.2) is 0 Å². The van der Waals surface area contributed by atoms with E-state index in [1.54, 1.807) is 0 Å². The van der Waals surface area contributed by atoms with Crippen LogP contribution in [-0.4, -0.2) is 0 Å². The van der Waals surface area contributed by atoms with E-state index >= 15 is 0 Å². The van der Waals surface area contributed by atoms with Crippen LogP contribution in [0.1, 0.15) is 54.4 Å². The molecule has 1 atom stereocenters. The fourth-order valence-corrected chi connectivity index (χ4v) is 3.01. The molecule has 0 saturated heterocycles. The summed E-state index contributed by atoms with van der Waals surface area (Å²) in [7, 11) is 0. The lowest BCUT2D eigenvalue weighted by Gasteiger charge is -2.23. The van der Waals surface area contributed by atoms with Gasteiger partial charge in [-0.25, -0.2) is 0 Å². The molecule has 0 aromatic carbocycles. The van der Waals surface area contributed by atoms with Crippen molar-refractivity contribution in [2.24, 2.45) is 11.8 Å². The van der Waals surface area contributed by atoms with E-state index in [1.165, 1.54) is 36.8 Å². The van der Waals surface area contributed by atoms with Crippen LogP contribution < -0.4 is 11.3 Å². The highest BCUT2D eigenvalue weighted by molar-refractivity contribution is 5.34. The predicted molar refractivity (Wildman–Crippen MR) is 64.9 cm³/mol. The SMILES string of the molecule is Cc1oc(C)c(C(NN)C2CCCC2)c1C. The minimum absolute atomic E-state index is 0.264. The van der Waals surface area contributed by atoms with E-state index in [1.807, 2.05) is 13.8 Å². The molecule has 1 aromatic rings. The Morgan fingerprint density at radius 3 is 2.25 bits per heavy atom. The van der Waals surface area contributed by atoms with Gasteiger partial charge < -0.3 is 4.42 Å². The summed E-state index contributed by atoms with van der Waals surface area (Å²) in [5.41, 5.74) is 5.54. The maximum absolute atomic E-state index is 5.74. The topological polar surface area (TPSA) is 51.2 Å². The quantitative estimate of drug-likeness (QED) is 0.610. The van der Waals surface area contributed by atoms with E-state index in [2.05, 4.69) is 12.3 Å². The Labute approximate surface area is 97.4 Å². The highest BCUT2D eigenvalue weighted by Gasteiger charge is 2.29. The lowest BCUT2D eigenvalue weighted by atomic mass is 9.90. The number of nitrogens with one attached hydrogen (secondary N) is 1. The summed E-state index contributed by atoms with van der Waals surface area (Å²) in [4.78, 5) is 0. The number of hydrogen-bond acceptors (Lipinski definition) is 3. The highest BCUT2D eigenvalue weighted by atomic mass is 16.3. The van der Waals surface area contributed by atoms with Gasteiger partial charge in [-0.15, -0.1) is 0 Å². The number of hydrazine groups is 1. The van der Waals surface area contributed by atoms with Gasteiger partial charge in [0.05, 0.1) is 6.04 Å².